The Labute approximate surface area is 112 Å². The number of benzene rings is 1. The first kappa shape index (κ1) is 13.2. The van der Waals surface area contributed by atoms with Gasteiger partial charge in [0.15, 0.2) is 0 Å². The molecule has 0 N–H and O–H groups in total. The van der Waals surface area contributed by atoms with Crippen molar-refractivity contribution in [3.8, 4) is 0 Å². The number of hydrogen-bond donors (Lipinski definition) is 0. The van der Waals surface area contributed by atoms with Gasteiger partial charge >= 0.3 is 113 Å². The first-order chi connectivity index (χ1) is 7.56. The molecule has 3 heteroatoms. The van der Waals surface area contributed by atoms with E-state index in [1.807, 2.05) is 0 Å². The molecule has 0 unspecified atom stereocenters. The van der Waals surface area contributed by atoms with Crippen LogP contribution in [0.2, 0.25) is 14.8 Å². The van der Waals surface area contributed by atoms with E-state index < -0.39 is 18.4 Å². The zero-order chi connectivity index (χ0) is 11.6. The van der Waals surface area contributed by atoms with Crippen LogP contribution in [-0.4, -0.2) is 29.9 Å². The van der Waals surface area contributed by atoms with E-state index >= 15 is 0 Å². The zero-order valence-electron chi connectivity index (χ0n) is 10.3. The van der Waals surface area contributed by atoms with Crippen LogP contribution in [0.1, 0.15) is 12.0 Å². The Morgan fingerprint density at radius 1 is 1.00 bits per heavy atom. The fraction of sp³-hybridized carbons (Fsp3) is 0.538. The van der Waals surface area contributed by atoms with Crippen molar-refractivity contribution in [3.05, 3.63) is 35.9 Å². The summed E-state index contributed by atoms with van der Waals surface area (Å²) < 4.78 is 0.453. The van der Waals surface area contributed by atoms with E-state index in [9.17, 15) is 0 Å². The minimum atomic E-state index is -2.00. The van der Waals surface area contributed by atoms with Gasteiger partial charge in [0.25, 0.3) is 0 Å². The van der Waals surface area contributed by atoms with Gasteiger partial charge in [-0.2, -0.15) is 0 Å². The third-order valence-electron chi connectivity index (χ3n) is 3.04. The Morgan fingerprint density at radius 3 is 2.06 bits per heavy atom. The molecule has 0 radical (unpaired) electrons. The summed E-state index contributed by atoms with van der Waals surface area (Å²) in [6.07, 6.45) is 1.38. The normalized spacial score (nSPS) is 20.7. The first-order valence-corrected chi connectivity index (χ1v) is 17.9. The van der Waals surface area contributed by atoms with Crippen molar-refractivity contribution in [1.82, 2.24) is 0 Å². The number of rotatable bonds is 2. The van der Waals surface area contributed by atoms with Crippen LogP contribution >= 0.6 is 23.5 Å². The molecule has 0 spiro atoms. The van der Waals surface area contributed by atoms with Gasteiger partial charge in [0, 0.05) is 0 Å². The molecular weight excluding hydrogens is 339 g/mol. The molecule has 1 aromatic rings. The van der Waals surface area contributed by atoms with E-state index in [4.69, 9.17) is 0 Å². The van der Waals surface area contributed by atoms with Crippen LogP contribution in [0, 0.1) is 0 Å². The number of thioether (sulfide) groups is 2. The molecule has 1 heterocycles. The molecule has 1 saturated heterocycles. The third kappa shape index (κ3) is 2.44. The molecule has 0 bridgehead atoms. The van der Waals surface area contributed by atoms with Crippen LogP contribution in [0.15, 0.2) is 30.3 Å². The SMILES string of the molecule is [CH3][Sn]([CH3])([CH3])[C]1(c2ccccc2)SCCCS1. The van der Waals surface area contributed by atoms with Crippen LogP contribution in [0.4, 0.5) is 0 Å². The summed E-state index contributed by atoms with van der Waals surface area (Å²) in [7, 11) is 0. The van der Waals surface area contributed by atoms with Crippen LogP contribution in [0.5, 0.6) is 0 Å². The van der Waals surface area contributed by atoms with Crippen molar-refractivity contribution in [1.29, 1.82) is 0 Å². The Balaban J connectivity index is 2.42. The molecule has 1 aliphatic heterocycles. The van der Waals surface area contributed by atoms with E-state index in [0.29, 0.717) is 2.09 Å². The van der Waals surface area contributed by atoms with Crippen molar-refractivity contribution >= 4 is 41.9 Å². The molecule has 16 heavy (non-hydrogen) atoms. The van der Waals surface area contributed by atoms with E-state index in [0.717, 1.165) is 0 Å². The molecule has 88 valence electrons. The summed E-state index contributed by atoms with van der Waals surface area (Å²) in [4.78, 5) is 7.73. The van der Waals surface area contributed by atoms with Crippen LogP contribution < -0.4 is 0 Å². The van der Waals surface area contributed by atoms with Gasteiger partial charge in [-0.3, -0.25) is 0 Å². The van der Waals surface area contributed by atoms with Crippen molar-refractivity contribution in [3.63, 3.8) is 0 Å². The zero-order valence-corrected chi connectivity index (χ0v) is 14.8. The second-order valence-corrected chi connectivity index (χ2v) is 25.2. The van der Waals surface area contributed by atoms with Crippen molar-refractivity contribution in [2.24, 2.45) is 0 Å². The van der Waals surface area contributed by atoms with E-state index in [1.54, 1.807) is 5.56 Å². The van der Waals surface area contributed by atoms with Crippen molar-refractivity contribution in [2.45, 2.75) is 23.3 Å². The molecule has 2 rings (SSSR count). The number of hydrogen-bond acceptors (Lipinski definition) is 2. The average Bonchev–Trinajstić information content (AvgIpc) is 2.30. The van der Waals surface area contributed by atoms with Gasteiger partial charge in [-0.25, -0.2) is 0 Å². The van der Waals surface area contributed by atoms with Gasteiger partial charge in [-0.15, -0.1) is 0 Å². The van der Waals surface area contributed by atoms with E-state index in [1.165, 1.54) is 17.9 Å². The average molecular weight is 359 g/mol. The van der Waals surface area contributed by atoms with Gasteiger partial charge in [0.2, 0.25) is 0 Å². The van der Waals surface area contributed by atoms with Crippen LogP contribution in [0.3, 0.4) is 0 Å². The topological polar surface area (TPSA) is 0 Å². The Kier molecular flexibility index (Phi) is 4.23. The second-order valence-electron chi connectivity index (χ2n) is 5.28. The molecule has 0 aliphatic carbocycles. The molecule has 0 aromatic heterocycles. The molecule has 0 amide bonds. The van der Waals surface area contributed by atoms with Gasteiger partial charge in [0.1, 0.15) is 0 Å². The van der Waals surface area contributed by atoms with Gasteiger partial charge in [0.05, 0.1) is 0 Å². The van der Waals surface area contributed by atoms with Gasteiger partial charge in [-0.05, 0) is 0 Å². The molecule has 0 nitrogen and oxygen atoms in total. The molecule has 1 fully saturated rings. The Morgan fingerprint density at radius 2 is 1.56 bits per heavy atom. The van der Waals surface area contributed by atoms with Crippen LogP contribution in [-0.2, 0) is 2.09 Å². The fourth-order valence-electron chi connectivity index (χ4n) is 2.22. The van der Waals surface area contributed by atoms with Crippen molar-refractivity contribution < 1.29 is 0 Å². The molecule has 0 saturated carbocycles. The monoisotopic (exact) mass is 360 g/mol. The Hall–Kier alpha value is 0.719. The molecule has 1 aromatic carbocycles. The maximum atomic E-state index is 2.58. The van der Waals surface area contributed by atoms with Gasteiger partial charge < -0.3 is 0 Å². The molecule has 1 aliphatic rings. The van der Waals surface area contributed by atoms with Crippen LogP contribution in [0.25, 0.3) is 0 Å². The predicted octanol–water partition coefficient (Wildman–Crippen LogP) is 4.59. The first-order valence-electron chi connectivity index (χ1n) is 5.90. The third-order valence-corrected chi connectivity index (χ3v) is 23.2. The summed E-state index contributed by atoms with van der Waals surface area (Å²) in [5.41, 5.74) is 1.58. The quantitative estimate of drug-likeness (QED) is 0.709. The second kappa shape index (κ2) is 5.15. The summed E-state index contributed by atoms with van der Waals surface area (Å²) >= 11 is 2.46. The van der Waals surface area contributed by atoms with E-state index in [2.05, 4.69) is 68.7 Å². The maximum absolute atomic E-state index is 2.58. The summed E-state index contributed by atoms with van der Waals surface area (Å²) in [6, 6.07) is 11.2. The molecule has 0 atom stereocenters. The predicted molar refractivity (Wildman–Crippen MR) is 81.0 cm³/mol. The minimum absolute atomic E-state index is 0.453. The summed E-state index contributed by atoms with van der Waals surface area (Å²) in [6.45, 7) is 0. The van der Waals surface area contributed by atoms with Crippen molar-refractivity contribution in [2.75, 3.05) is 11.5 Å². The fourth-order valence-corrected chi connectivity index (χ4v) is 18.0. The van der Waals surface area contributed by atoms with E-state index in [-0.39, 0.29) is 0 Å². The summed E-state index contributed by atoms with van der Waals surface area (Å²) in [5.74, 6) is 2.69. The molecular formula is C13H20S2Sn. The van der Waals surface area contributed by atoms with Gasteiger partial charge in [-0.1, -0.05) is 0 Å². The summed E-state index contributed by atoms with van der Waals surface area (Å²) in [5, 5.41) is 0. The Bertz CT molecular complexity index is 337. The standard InChI is InChI=1S/C10H11S2.3CH3.Sn/c1-2-5-9(6-3-1)10-11-7-4-8-12-10;;;;/h1-3,5-6H,4,7-8H2;3*1H3;.